The normalized spacial score (nSPS) is 17.3. The van der Waals surface area contributed by atoms with Gasteiger partial charge in [0.05, 0.1) is 11.3 Å². The van der Waals surface area contributed by atoms with E-state index in [4.69, 9.17) is 10.9 Å². The Labute approximate surface area is 160 Å². The Hall–Kier alpha value is -2.02. The number of nitrogens with zero attached hydrogens (tertiary/aromatic N) is 1. The van der Waals surface area contributed by atoms with Crippen molar-refractivity contribution in [1.29, 1.82) is 0 Å². The van der Waals surface area contributed by atoms with E-state index in [1.165, 1.54) is 22.3 Å². The summed E-state index contributed by atoms with van der Waals surface area (Å²) in [5, 5.41) is 5.92. The second-order valence-electron chi connectivity index (χ2n) is 7.42. The topological polar surface area (TPSA) is 98.5 Å². The highest BCUT2D eigenvalue weighted by atomic mass is 32.2. The summed E-state index contributed by atoms with van der Waals surface area (Å²) in [5.41, 5.74) is 13.0. The van der Waals surface area contributed by atoms with E-state index in [9.17, 15) is 9.00 Å². The summed E-state index contributed by atoms with van der Waals surface area (Å²) in [4.78, 5) is 13.0. The number of rotatable bonds is 4. The molecule has 1 unspecified atom stereocenters. The first-order valence-corrected chi connectivity index (χ1v) is 11.1. The van der Waals surface area contributed by atoms with Crippen molar-refractivity contribution < 1.29 is 9.00 Å². The fourth-order valence-electron chi connectivity index (χ4n) is 4.36. The third-order valence-corrected chi connectivity index (χ3v) is 7.08. The van der Waals surface area contributed by atoms with E-state index in [2.05, 4.69) is 10.4 Å². The molecule has 0 saturated heterocycles. The third kappa shape index (κ3) is 3.57. The zero-order chi connectivity index (χ0) is 19.0. The lowest BCUT2D eigenvalue weighted by molar-refractivity contribution is -0.117. The molecule has 4 rings (SSSR count). The maximum absolute atomic E-state index is 12.8. The van der Waals surface area contributed by atoms with Crippen molar-refractivity contribution in [1.82, 2.24) is 0 Å². The largest absolute Gasteiger partial charge is 0.326 e. The maximum Gasteiger partial charge on any atom is 0.259 e. The molecule has 1 atom stereocenters. The highest BCUT2D eigenvalue weighted by Crippen LogP contribution is 2.35. The molecule has 2 aromatic rings. The Morgan fingerprint density at radius 3 is 2.15 bits per heavy atom. The zero-order valence-corrected chi connectivity index (χ0v) is 16.2. The van der Waals surface area contributed by atoms with Gasteiger partial charge in [-0.15, -0.1) is 4.36 Å². The molecule has 0 heterocycles. The van der Waals surface area contributed by atoms with E-state index >= 15 is 0 Å². The van der Waals surface area contributed by atoms with Crippen molar-refractivity contribution in [2.24, 2.45) is 15.2 Å². The first-order valence-electron chi connectivity index (χ1n) is 9.50. The number of hydrogen-bond acceptors (Lipinski definition) is 3. The first kappa shape index (κ1) is 18.3. The van der Waals surface area contributed by atoms with Crippen LogP contribution in [0.4, 0.5) is 0 Å². The van der Waals surface area contributed by atoms with Gasteiger partial charge < -0.3 is 5.73 Å². The van der Waals surface area contributed by atoms with Gasteiger partial charge in [-0.3, -0.25) is 4.79 Å². The van der Waals surface area contributed by atoms with Crippen LogP contribution in [0.2, 0.25) is 0 Å². The fourth-order valence-corrected chi connectivity index (χ4v) is 5.35. The van der Waals surface area contributed by atoms with Gasteiger partial charge >= 0.3 is 0 Å². The van der Waals surface area contributed by atoms with E-state index in [1.54, 1.807) is 24.3 Å². The number of fused-ring (bicyclic) bond motifs is 2. The molecule has 4 N–H and O–H groups in total. The van der Waals surface area contributed by atoms with Gasteiger partial charge in [-0.05, 0) is 84.0 Å². The average Bonchev–Trinajstić information content (AvgIpc) is 3.30. The van der Waals surface area contributed by atoms with Gasteiger partial charge in [-0.2, -0.15) is 0 Å². The van der Waals surface area contributed by atoms with Crippen LogP contribution in [0.25, 0.3) is 0 Å². The molecule has 1 amide bonds. The van der Waals surface area contributed by atoms with Crippen molar-refractivity contribution in [3.63, 3.8) is 0 Å². The molecule has 2 aromatic carbocycles. The average molecular weight is 384 g/mol. The van der Waals surface area contributed by atoms with Crippen LogP contribution in [0, 0.1) is 0 Å². The van der Waals surface area contributed by atoms with Gasteiger partial charge in [0, 0.05) is 6.54 Å². The molecule has 27 heavy (non-hydrogen) atoms. The summed E-state index contributed by atoms with van der Waals surface area (Å²) in [7, 11) is -3.25. The molecule has 0 spiro atoms. The summed E-state index contributed by atoms with van der Waals surface area (Å²) in [5.74, 6) is -0.403. The minimum absolute atomic E-state index is 0.195. The van der Waals surface area contributed by atoms with E-state index in [0.29, 0.717) is 11.4 Å². The van der Waals surface area contributed by atoms with Gasteiger partial charge in [0.1, 0.15) is 9.92 Å². The van der Waals surface area contributed by atoms with Crippen LogP contribution in [0.5, 0.6) is 0 Å². The summed E-state index contributed by atoms with van der Waals surface area (Å²) in [6.45, 7) is 0.395. The van der Waals surface area contributed by atoms with E-state index in [-0.39, 0.29) is 6.42 Å². The van der Waals surface area contributed by atoms with Crippen molar-refractivity contribution >= 4 is 15.8 Å². The lowest BCUT2D eigenvalue weighted by Gasteiger charge is -2.14. The Balaban J connectivity index is 1.65. The molecule has 0 bridgehead atoms. The highest BCUT2D eigenvalue weighted by molar-refractivity contribution is 7.91. The van der Waals surface area contributed by atoms with E-state index in [1.807, 2.05) is 0 Å². The standard InChI is InChI=1S/C21H25N3O2S/c22-13-14-7-9-17(10-8-14)27(23,26)24-21(25)12-20-18-5-1-3-15(18)11-16-4-2-6-19(16)20/h7-11H,1-6,12-13,22H2,(H2,23,24,25,26). The van der Waals surface area contributed by atoms with Crippen molar-refractivity contribution in [2.75, 3.05) is 0 Å². The number of aryl methyl sites for hydroxylation is 2. The Bertz CT molecular complexity index is 986. The molecule has 0 fully saturated rings. The minimum Gasteiger partial charge on any atom is -0.326 e. The van der Waals surface area contributed by atoms with E-state index in [0.717, 1.165) is 49.7 Å². The molecule has 6 heteroatoms. The molecule has 142 valence electrons. The van der Waals surface area contributed by atoms with Crippen LogP contribution in [0.15, 0.2) is 39.6 Å². The van der Waals surface area contributed by atoms with Crippen molar-refractivity contribution in [2.45, 2.75) is 56.4 Å². The quantitative estimate of drug-likeness (QED) is 0.849. The van der Waals surface area contributed by atoms with Gasteiger partial charge in [0.15, 0.2) is 0 Å². The van der Waals surface area contributed by atoms with Crippen LogP contribution >= 0.6 is 0 Å². The summed E-state index contributed by atoms with van der Waals surface area (Å²) >= 11 is 0. The Morgan fingerprint density at radius 2 is 1.59 bits per heavy atom. The number of hydrogen-bond donors (Lipinski definition) is 2. The SMILES string of the molecule is NCc1ccc(S(N)(=O)=NC(=O)Cc2c3c(cc4c2CCC4)CCC3)cc1. The van der Waals surface area contributed by atoms with Gasteiger partial charge in [0.2, 0.25) is 0 Å². The third-order valence-electron chi connectivity index (χ3n) is 5.66. The molecule has 0 aromatic heterocycles. The van der Waals surface area contributed by atoms with Crippen LogP contribution < -0.4 is 10.9 Å². The zero-order valence-electron chi connectivity index (χ0n) is 15.4. The summed E-state index contributed by atoms with van der Waals surface area (Å²) < 4.78 is 16.7. The number of carbonyl (C=O) groups is 1. The van der Waals surface area contributed by atoms with E-state index < -0.39 is 15.8 Å². The van der Waals surface area contributed by atoms with Crippen LogP contribution in [-0.2, 0) is 53.4 Å². The van der Waals surface area contributed by atoms with Crippen LogP contribution in [0.3, 0.4) is 0 Å². The summed E-state index contributed by atoms with van der Waals surface area (Å²) in [6, 6.07) is 9.14. The lowest BCUT2D eigenvalue weighted by atomic mass is 9.92. The molecule has 5 nitrogen and oxygen atoms in total. The smallest absolute Gasteiger partial charge is 0.259 e. The van der Waals surface area contributed by atoms with Gasteiger partial charge in [-0.25, -0.2) is 9.35 Å². The monoisotopic (exact) mass is 383 g/mol. The van der Waals surface area contributed by atoms with Gasteiger partial charge in [0.25, 0.3) is 5.91 Å². The van der Waals surface area contributed by atoms with Crippen LogP contribution in [-0.4, -0.2) is 10.1 Å². The van der Waals surface area contributed by atoms with Crippen LogP contribution in [0.1, 0.15) is 46.2 Å². The summed E-state index contributed by atoms with van der Waals surface area (Å²) in [6.07, 6.45) is 6.67. The highest BCUT2D eigenvalue weighted by Gasteiger charge is 2.25. The number of nitrogens with two attached hydrogens (primary N) is 2. The molecule has 0 radical (unpaired) electrons. The van der Waals surface area contributed by atoms with Crippen molar-refractivity contribution in [3.05, 3.63) is 63.7 Å². The molecular weight excluding hydrogens is 358 g/mol. The van der Waals surface area contributed by atoms with Gasteiger partial charge in [-0.1, -0.05) is 18.2 Å². The Kier molecular flexibility index (Phi) is 4.88. The molecular formula is C21H25N3O2S. The maximum atomic E-state index is 12.8. The first-order chi connectivity index (χ1) is 13.0. The van der Waals surface area contributed by atoms with Crippen molar-refractivity contribution in [3.8, 4) is 0 Å². The minimum atomic E-state index is -3.25. The molecule has 2 aliphatic carbocycles. The number of amides is 1. The second-order valence-corrected chi connectivity index (χ2v) is 9.21. The number of benzene rings is 2. The molecule has 2 aliphatic rings. The lowest BCUT2D eigenvalue weighted by Crippen LogP contribution is -2.17. The predicted molar refractivity (Wildman–Crippen MR) is 107 cm³/mol. The second kappa shape index (κ2) is 7.19. The fraction of sp³-hybridized carbons (Fsp3) is 0.381. The molecule has 0 saturated carbocycles. The molecule has 0 aliphatic heterocycles. The number of carbonyl (C=O) groups excluding carboxylic acids is 1. The Morgan fingerprint density at radius 1 is 1.00 bits per heavy atom. The predicted octanol–water partition coefficient (Wildman–Crippen LogP) is 2.59.